The molecule has 0 bridgehead atoms. The van der Waals surface area contributed by atoms with Crippen molar-refractivity contribution in [1.82, 2.24) is 5.32 Å². The molecule has 2 nitrogen and oxygen atoms in total. The van der Waals surface area contributed by atoms with E-state index in [1.54, 1.807) is 0 Å². The van der Waals surface area contributed by atoms with E-state index < -0.39 is 17.5 Å². The maximum atomic E-state index is 12.7. The lowest BCUT2D eigenvalue weighted by Crippen LogP contribution is -2.27. The largest absolute Gasteiger partial charge is 0.506 e. The maximum Gasteiger partial charge on any atom is 0.420 e. The smallest absolute Gasteiger partial charge is 0.420 e. The van der Waals surface area contributed by atoms with Gasteiger partial charge < -0.3 is 10.4 Å². The highest BCUT2D eigenvalue weighted by atomic mass is 35.5. The van der Waals surface area contributed by atoms with Crippen LogP contribution in [0.25, 0.3) is 0 Å². The molecule has 100 valence electrons. The lowest BCUT2D eigenvalue weighted by atomic mass is 9.95. The molecule has 1 aliphatic heterocycles. The third-order valence-electron chi connectivity index (χ3n) is 3.10. The van der Waals surface area contributed by atoms with Crippen LogP contribution in [-0.4, -0.2) is 11.7 Å². The monoisotopic (exact) mass is 279 g/mol. The summed E-state index contributed by atoms with van der Waals surface area (Å²) in [4.78, 5) is 0. The lowest BCUT2D eigenvalue weighted by Gasteiger charge is -2.25. The van der Waals surface area contributed by atoms with Gasteiger partial charge in [0.05, 0.1) is 10.6 Å². The molecule has 0 amide bonds. The molecule has 1 unspecified atom stereocenters. The zero-order valence-corrected chi connectivity index (χ0v) is 10.3. The molecule has 1 fully saturated rings. The van der Waals surface area contributed by atoms with Crippen molar-refractivity contribution in [3.8, 4) is 5.75 Å². The van der Waals surface area contributed by atoms with Crippen LogP contribution in [0.15, 0.2) is 12.1 Å². The van der Waals surface area contributed by atoms with Crippen molar-refractivity contribution in [3.05, 3.63) is 28.3 Å². The minimum absolute atomic E-state index is 0.127. The van der Waals surface area contributed by atoms with Gasteiger partial charge in [-0.2, -0.15) is 13.2 Å². The van der Waals surface area contributed by atoms with Gasteiger partial charge in [0.1, 0.15) is 5.75 Å². The predicted molar refractivity (Wildman–Crippen MR) is 62.7 cm³/mol. The number of hydrogen-bond acceptors (Lipinski definition) is 2. The highest BCUT2D eigenvalue weighted by Crippen LogP contribution is 2.41. The van der Waals surface area contributed by atoms with Gasteiger partial charge in [-0.3, -0.25) is 0 Å². The van der Waals surface area contributed by atoms with Gasteiger partial charge in [0, 0.05) is 6.04 Å². The Morgan fingerprint density at radius 2 is 2.00 bits per heavy atom. The Morgan fingerprint density at radius 3 is 2.56 bits per heavy atom. The molecule has 18 heavy (non-hydrogen) atoms. The quantitative estimate of drug-likeness (QED) is 0.818. The van der Waals surface area contributed by atoms with Gasteiger partial charge in [0.2, 0.25) is 0 Å². The minimum Gasteiger partial charge on any atom is -0.506 e. The van der Waals surface area contributed by atoms with E-state index in [1.807, 2.05) is 0 Å². The molecule has 0 aromatic heterocycles. The van der Waals surface area contributed by atoms with Crippen LogP contribution in [-0.2, 0) is 6.18 Å². The Bertz CT molecular complexity index is 442. The van der Waals surface area contributed by atoms with Crippen LogP contribution in [0.5, 0.6) is 5.75 Å². The van der Waals surface area contributed by atoms with Gasteiger partial charge in [-0.25, -0.2) is 0 Å². The first-order chi connectivity index (χ1) is 8.39. The third kappa shape index (κ3) is 2.72. The molecule has 6 heteroatoms. The second-order valence-electron chi connectivity index (χ2n) is 4.40. The second-order valence-corrected chi connectivity index (χ2v) is 4.81. The fraction of sp³-hybridized carbons (Fsp3) is 0.500. The molecule has 1 aromatic rings. The van der Waals surface area contributed by atoms with E-state index in [1.165, 1.54) is 6.07 Å². The van der Waals surface area contributed by atoms with Gasteiger partial charge in [-0.05, 0) is 37.1 Å². The lowest BCUT2D eigenvalue weighted by molar-refractivity contribution is -0.138. The average Bonchev–Trinajstić information content (AvgIpc) is 2.32. The first-order valence-corrected chi connectivity index (χ1v) is 6.10. The molecule has 1 aromatic carbocycles. The highest BCUT2D eigenvalue weighted by Gasteiger charge is 2.36. The van der Waals surface area contributed by atoms with Crippen LogP contribution in [0.4, 0.5) is 13.2 Å². The molecule has 1 atom stereocenters. The molecular weight excluding hydrogens is 267 g/mol. The first-order valence-electron chi connectivity index (χ1n) is 5.72. The molecule has 2 N–H and O–H groups in total. The molecule has 1 heterocycles. The normalized spacial score (nSPS) is 21.0. The predicted octanol–water partition coefficient (Wildman–Crippen LogP) is 3.88. The van der Waals surface area contributed by atoms with Gasteiger partial charge >= 0.3 is 6.18 Å². The van der Waals surface area contributed by atoms with Gasteiger partial charge in [0.15, 0.2) is 0 Å². The second kappa shape index (κ2) is 4.97. The number of benzene rings is 1. The van der Waals surface area contributed by atoms with Crippen molar-refractivity contribution < 1.29 is 18.3 Å². The van der Waals surface area contributed by atoms with Crippen LogP contribution in [0.1, 0.15) is 36.4 Å². The Labute approximate surface area is 108 Å². The number of nitrogens with one attached hydrogen (secondary N) is 1. The van der Waals surface area contributed by atoms with Crippen molar-refractivity contribution in [1.29, 1.82) is 0 Å². The number of hydrogen-bond donors (Lipinski definition) is 2. The standard InChI is InChI=1S/C12H13ClF3NO/c13-9-6-7(10-3-1-2-4-17-10)5-8(11(9)18)12(14,15)16/h5-6,10,17-18H,1-4H2. The van der Waals surface area contributed by atoms with Crippen LogP contribution in [0.3, 0.4) is 0 Å². The topological polar surface area (TPSA) is 32.3 Å². The summed E-state index contributed by atoms with van der Waals surface area (Å²) in [5, 5.41) is 12.3. The van der Waals surface area contributed by atoms with Crippen molar-refractivity contribution in [2.75, 3.05) is 6.54 Å². The summed E-state index contributed by atoms with van der Waals surface area (Å²) in [7, 11) is 0. The number of alkyl halides is 3. The van der Waals surface area contributed by atoms with Crippen LogP contribution < -0.4 is 5.32 Å². The van der Waals surface area contributed by atoms with Crippen LogP contribution in [0, 0.1) is 0 Å². The fourth-order valence-corrected chi connectivity index (χ4v) is 2.40. The van der Waals surface area contributed by atoms with E-state index in [0.717, 1.165) is 31.9 Å². The summed E-state index contributed by atoms with van der Waals surface area (Å²) in [5.74, 6) is -0.899. The Kier molecular flexibility index (Phi) is 3.73. The summed E-state index contributed by atoms with van der Waals surface area (Å²) >= 11 is 5.67. The van der Waals surface area contributed by atoms with Gasteiger partial charge in [0.25, 0.3) is 0 Å². The summed E-state index contributed by atoms with van der Waals surface area (Å²) in [6, 6.07) is 2.25. The molecular formula is C12H13ClF3NO. The van der Waals surface area contributed by atoms with E-state index in [0.29, 0.717) is 5.56 Å². The molecule has 1 saturated heterocycles. The van der Waals surface area contributed by atoms with Gasteiger partial charge in [-0.15, -0.1) is 0 Å². The van der Waals surface area contributed by atoms with Crippen molar-refractivity contribution in [3.63, 3.8) is 0 Å². The Hall–Kier alpha value is -0.940. The number of phenols is 1. The number of piperidine rings is 1. The summed E-state index contributed by atoms with van der Waals surface area (Å²) < 4.78 is 38.2. The highest BCUT2D eigenvalue weighted by molar-refractivity contribution is 6.32. The van der Waals surface area contributed by atoms with Crippen molar-refractivity contribution in [2.45, 2.75) is 31.5 Å². The molecule has 1 aliphatic rings. The number of rotatable bonds is 1. The van der Waals surface area contributed by atoms with Crippen molar-refractivity contribution in [2.24, 2.45) is 0 Å². The van der Waals surface area contributed by atoms with E-state index in [4.69, 9.17) is 11.6 Å². The zero-order chi connectivity index (χ0) is 13.3. The summed E-state index contributed by atoms with van der Waals surface area (Å²) in [6.45, 7) is 0.782. The molecule has 0 saturated carbocycles. The van der Waals surface area contributed by atoms with Crippen LogP contribution in [0.2, 0.25) is 5.02 Å². The van der Waals surface area contributed by atoms with Gasteiger partial charge in [-0.1, -0.05) is 18.0 Å². The van der Waals surface area contributed by atoms with E-state index >= 15 is 0 Å². The van der Waals surface area contributed by atoms with E-state index in [2.05, 4.69) is 5.32 Å². The summed E-state index contributed by atoms with van der Waals surface area (Å²) in [6.07, 6.45) is -1.83. The third-order valence-corrected chi connectivity index (χ3v) is 3.39. The van der Waals surface area contributed by atoms with E-state index in [9.17, 15) is 18.3 Å². The first kappa shape index (κ1) is 13.5. The van der Waals surface area contributed by atoms with Crippen LogP contribution >= 0.6 is 11.6 Å². The molecule has 0 aliphatic carbocycles. The SMILES string of the molecule is Oc1c(Cl)cc(C2CCCCN2)cc1C(F)(F)F. The van der Waals surface area contributed by atoms with E-state index in [-0.39, 0.29) is 11.1 Å². The number of phenolic OH excluding ortho intramolecular Hbond substituents is 1. The maximum absolute atomic E-state index is 12.7. The minimum atomic E-state index is -4.60. The number of aromatic hydroxyl groups is 1. The summed E-state index contributed by atoms with van der Waals surface area (Å²) in [5.41, 5.74) is -0.595. The molecule has 0 radical (unpaired) electrons. The molecule has 2 rings (SSSR count). The fourth-order valence-electron chi connectivity index (χ4n) is 2.17. The average molecular weight is 280 g/mol. The zero-order valence-electron chi connectivity index (χ0n) is 9.52. The van der Waals surface area contributed by atoms with Crippen molar-refractivity contribution >= 4 is 11.6 Å². The number of halogens is 4. The Balaban J connectivity index is 2.40. The Morgan fingerprint density at radius 1 is 1.28 bits per heavy atom. The molecule has 0 spiro atoms.